The number of rotatable bonds is 2. The van der Waals surface area contributed by atoms with E-state index in [0.29, 0.717) is 18.0 Å². The molecule has 4 nitrogen and oxygen atoms in total. The Bertz CT molecular complexity index is 695. The van der Waals surface area contributed by atoms with Crippen LogP contribution in [-0.4, -0.2) is 23.0 Å². The van der Waals surface area contributed by atoms with E-state index in [4.69, 9.17) is 0 Å². The van der Waals surface area contributed by atoms with E-state index in [-0.39, 0.29) is 11.9 Å². The van der Waals surface area contributed by atoms with E-state index < -0.39 is 0 Å². The Balaban J connectivity index is 1.47. The van der Waals surface area contributed by atoms with E-state index in [9.17, 15) is 10.1 Å². The van der Waals surface area contributed by atoms with Gasteiger partial charge >= 0.3 is 6.03 Å². The lowest BCUT2D eigenvalue weighted by molar-refractivity contribution is -0.00601. The van der Waals surface area contributed by atoms with Crippen molar-refractivity contribution in [3.63, 3.8) is 0 Å². The molecule has 0 spiro atoms. The molecule has 1 N–H and O–H groups in total. The standard InChI is InChI=1S/C20H25N3O/c1-12-7-16-10-17(8-12)23(16)20(24)22-15-5-3-13(2)19(9-15)18-6-4-14(18)11-21/h3,5,9,12,14,16-18H,4,6-8,10H2,1-2H3,(H,22,24)/t12?,14-,16?,17?,18-/m0/s1. The number of hydrogen-bond donors (Lipinski definition) is 1. The van der Waals surface area contributed by atoms with E-state index >= 15 is 0 Å². The molecule has 0 aromatic heterocycles. The van der Waals surface area contributed by atoms with Crippen molar-refractivity contribution in [2.45, 2.75) is 64.0 Å². The third kappa shape index (κ3) is 2.47. The molecule has 2 heterocycles. The van der Waals surface area contributed by atoms with Crippen LogP contribution in [0.5, 0.6) is 0 Å². The summed E-state index contributed by atoms with van der Waals surface area (Å²) in [5, 5.41) is 12.3. The molecule has 3 fully saturated rings. The van der Waals surface area contributed by atoms with Crippen LogP contribution in [0.15, 0.2) is 18.2 Å². The van der Waals surface area contributed by atoms with Crippen molar-refractivity contribution in [2.24, 2.45) is 11.8 Å². The van der Waals surface area contributed by atoms with Gasteiger partial charge in [0.05, 0.1) is 12.0 Å². The molecule has 2 saturated heterocycles. The number of amides is 2. The Hall–Kier alpha value is -2.02. The van der Waals surface area contributed by atoms with Gasteiger partial charge in [-0.25, -0.2) is 4.79 Å². The predicted octanol–water partition coefficient (Wildman–Crippen LogP) is 4.42. The van der Waals surface area contributed by atoms with E-state index in [1.54, 1.807) is 0 Å². The summed E-state index contributed by atoms with van der Waals surface area (Å²) >= 11 is 0. The van der Waals surface area contributed by atoms with Crippen LogP contribution in [0.3, 0.4) is 0 Å². The first-order valence-electron chi connectivity index (χ1n) is 9.16. The maximum atomic E-state index is 12.6. The number of urea groups is 1. The molecular weight excluding hydrogens is 298 g/mol. The molecule has 4 heteroatoms. The largest absolute Gasteiger partial charge is 0.322 e. The predicted molar refractivity (Wildman–Crippen MR) is 93.7 cm³/mol. The highest BCUT2D eigenvalue weighted by molar-refractivity contribution is 5.90. The summed E-state index contributed by atoms with van der Waals surface area (Å²) in [6.07, 6.45) is 5.50. The van der Waals surface area contributed by atoms with Gasteiger partial charge in [-0.3, -0.25) is 0 Å². The molecule has 24 heavy (non-hydrogen) atoms. The molecular formula is C20H25N3O. The SMILES string of the molecule is Cc1ccc(NC(=O)N2C3CC(C)CC2C3)cc1[C@H]1CC[C@H]1C#N. The van der Waals surface area contributed by atoms with E-state index in [1.165, 1.54) is 17.5 Å². The molecule has 2 unspecified atom stereocenters. The van der Waals surface area contributed by atoms with Gasteiger partial charge in [0.2, 0.25) is 0 Å². The van der Waals surface area contributed by atoms with Gasteiger partial charge < -0.3 is 10.2 Å². The lowest BCUT2D eigenvalue weighted by Gasteiger charge is -2.54. The fourth-order valence-corrected chi connectivity index (χ4v) is 4.81. The fraction of sp³-hybridized carbons (Fsp3) is 0.600. The molecule has 2 bridgehead atoms. The van der Waals surface area contributed by atoms with Gasteiger partial charge in [0, 0.05) is 23.7 Å². The second kappa shape index (κ2) is 5.81. The molecule has 4 atom stereocenters. The Morgan fingerprint density at radius 3 is 2.62 bits per heavy atom. The van der Waals surface area contributed by atoms with Crippen molar-refractivity contribution in [3.05, 3.63) is 29.3 Å². The number of carbonyl (C=O) groups excluding carboxylic acids is 1. The van der Waals surface area contributed by atoms with Crippen LogP contribution in [0.2, 0.25) is 0 Å². The number of anilines is 1. The molecule has 1 aromatic rings. The Labute approximate surface area is 143 Å². The molecule has 1 aromatic carbocycles. The normalized spacial score (nSPS) is 33.9. The number of piperidine rings is 1. The average molecular weight is 323 g/mol. The summed E-state index contributed by atoms with van der Waals surface area (Å²) in [5.74, 6) is 1.20. The van der Waals surface area contributed by atoms with Gasteiger partial charge in [0.25, 0.3) is 0 Å². The Kier molecular flexibility index (Phi) is 3.75. The number of aryl methyl sites for hydroxylation is 1. The molecule has 1 aliphatic carbocycles. The second-order valence-electron chi connectivity index (χ2n) is 7.95. The number of hydrogen-bond acceptors (Lipinski definition) is 2. The minimum atomic E-state index is 0.0448. The number of nitrogens with one attached hydrogen (secondary N) is 1. The maximum absolute atomic E-state index is 12.6. The summed E-state index contributed by atoms with van der Waals surface area (Å²) in [7, 11) is 0. The summed E-state index contributed by atoms with van der Waals surface area (Å²) in [6.45, 7) is 4.37. The number of carbonyl (C=O) groups is 1. The summed E-state index contributed by atoms with van der Waals surface area (Å²) < 4.78 is 0. The highest BCUT2D eigenvalue weighted by Gasteiger charge is 2.46. The molecule has 1 saturated carbocycles. The number of fused-ring (bicyclic) bond motifs is 2. The van der Waals surface area contributed by atoms with Gasteiger partial charge in [-0.1, -0.05) is 13.0 Å². The maximum Gasteiger partial charge on any atom is 0.322 e. The highest BCUT2D eigenvalue weighted by Crippen LogP contribution is 2.44. The van der Waals surface area contributed by atoms with Gasteiger partial charge in [-0.15, -0.1) is 0 Å². The first-order valence-corrected chi connectivity index (χ1v) is 9.16. The van der Waals surface area contributed by atoms with Crippen LogP contribution < -0.4 is 5.32 Å². The minimum absolute atomic E-state index is 0.0448. The molecule has 3 aliphatic rings. The smallest absolute Gasteiger partial charge is 0.318 e. The zero-order valence-electron chi connectivity index (χ0n) is 14.5. The zero-order chi connectivity index (χ0) is 16.8. The van der Waals surface area contributed by atoms with Crippen molar-refractivity contribution in [2.75, 3.05) is 5.32 Å². The first kappa shape index (κ1) is 15.5. The van der Waals surface area contributed by atoms with Crippen LogP contribution in [-0.2, 0) is 0 Å². The van der Waals surface area contributed by atoms with E-state index in [0.717, 1.165) is 37.3 Å². The fourth-order valence-electron chi connectivity index (χ4n) is 4.81. The van der Waals surface area contributed by atoms with Crippen LogP contribution in [0.4, 0.5) is 10.5 Å². The quantitative estimate of drug-likeness (QED) is 0.876. The van der Waals surface area contributed by atoms with Crippen molar-refractivity contribution >= 4 is 11.7 Å². The molecule has 2 amide bonds. The average Bonchev–Trinajstić information content (AvgIpc) is 2.49. The zero-order valence-corrected chi connectivity index (χ0v) is 14.5. The van der Waals surface area contributed by atoms with Crippen LogP contribution in [0, 0.1) is 30.1 Å². The highest BCUT2D eigenvalue weighted by atomic mass is 16.2. The van der Waals surface area contributed by atoms with Crippen molar-refractivity contribution < 1.29 is 4.79 Å². The summed E-state index contributed by atoms with van der Waals surface area (Å²) in [5.41, 5.74) is 3.30. The van der Waals surface area contributed by atoms with Gasteiger partial charge in [-0.05, 0) is 68.2 Å². The van der Waals surface area contributed by atoms with Crippen molar-refractivity contribution in [1.29, 1.82) is 5.26 Å². The third-order valence-corrected chi connectivity index (χ3v) is 6.28. The Morgan fingerprint density at radius 2 is 2.00 bits per heavy atom. The first-order chi connectivity index (χ1) is 11.6. The van der Waals surface area contributed by atoms with Crippen molar-refractivity contribution in [1.82, 2.24) is 4.90 Å². The van der Waals surface area contributed by atoms with Crippen LogP contribution in [0.25, 0.3) is 0 Å². The molecule has 126 valence electrons. The second-order valence-corrected chi connectivity index (χ2v) is 7.95. The number of nitriles is 1. The molecule has 4 rings (SSSR count). The van der Waals surface area contributed by atoms with Gasteiger partial charge in [-0.2, -0.15) is 5.26 Å². The van der Waals surface area contributed by atoms with Crippen LogP contribution in [0.1, 0.15) is 56.1 Å². The monoisotopic (exact) mass is 323 g/mol. The lowest BCUT2D eigenvalue weighted by Crippen LogP contribution is -2.63. The van der Waals surface area contributed by atoms with E-state index in [2.05, 4.69) is 37.4 Å². The number of benzene rings is 1. The van der Waals surface area contributed by atoms with Crippen LogP contribution >= 0.6 is 0 Å². The topological polar surface area (TPSA) is 56.1 Å². The lowest BCUT2D eigenvalue weighted by atomic mass is 9.70. The van der Waals surface area contributed by atoms with Crippen molar-refractivity contribution in [3.8, 4) is 6.07 Å². The minimum Gasteiger partial charge on any atom is -0.318 e. The summed E-state index contributed by atoms with van der Waals surface area (Å²) in [4.78, 5) is 14.7. The molecule has 0 radical (unpaired) electrons. The van der Waals surface area contributed by atoms with Gasteiger partial charge in [0.1, 0.15) is 0 Å². The third-order valence-electron chi connectivity index (χ3n) is 6.28. The summed E-state index contributed by atoms with van der Waals surface area (Å²) in [6, 6.07) is 9.44. The van der Waals surface area contributed by atoms with Gasteiger partial charge in [0.15, 0.2) is 0 Å². The number of nitrogens with zero attached hydrogens (tertiary/aromatic N) is 2. The molecule has 2 aliphatic heterocycles. The Morgan fingerprint density at radius 1 is 1.25 bits per heavy atom. The van der Waals surface area contributed by atoms with E-state index in [1.807, 2.05) is 11.0 Å².